The van der Waals surface area contributed by atoms with E-state index in [2.05, 4.69) is 0 Å². The van der Waals surface area contributed by atoms with E-state index in [0.717, 1.165) is 22.2 Å². The van der Waals surface area contributed by atoms with Gasteiger partial charge in [-0.1, -0.05) is 24.3 Å². The smallest absolute Gasteiger partial charge is 0.269 e. The lowest BCUT2D eigenvalue weighted by molar-refractivity contribution is -0.385. The average molecular weight is 669 g/mol. The van der Waals surface area contributed by atoms with E-state index >= 15 is 0 Å². The summed E-state index contributed by atoms with van der Waals surface area (Å²) in [5.41, 5.74) is 8.41. The summed E-state index contributed by atoms with van der Waals surface area (Å²) < 4.78 is 6.20. The van der Waals surface area contributed by atoms with Crippen molar-refractivity contribution in [1.82, 2.24) is 19.9 Å². The van der Waals surface area contributed by atoms with Gasteiger partial charge in [0.15, 0.2) is 0 Å². The summed E-state index contributed by atoms with van der Waals surface area (Å²) in [6.45, 7) is 0. The highest BCUT2D eigenvalue weighted by Gasteiger charge is 2.17. The predicted molar refractivity (Wildman–Crippen MR) is 194 cm³/mol. The summed E-state index contributed by atoms with van der Waals surface area (Å²) in [7, 11) is 0. The lowest BCUT2D eigenvalue weighted by Crippen LogP contribution is -1.96. The minimum absolute atomic E-state index is 0.00120. The number of nitrogens with zero attached hydrogens (tertiary/aromatic N) is 6. The number of aromatic nitrogens is 4. The Morgan fingerprint density at radius 1 is 0.373 bits per heavy atom. The molecule has 51 heavy (non-hydrogen) atoms. The molecule has 0 N–H and O–H groups in total. The molecular formula is C40H24N6O5. The van der Waals surface area contributed by atoms with Crippen LogP contribution in [0, 0.1) is 20.2 Å². The number of ether oxygens (including phenoxy) is 1. The average Bonchev–Trinajstić information content (AvgIpc) is 3.17. The zero-order valence-electron chi connectivity index (χ0n) is 26.6. The first-order valence-corrected chi connectivity index (χ1v) is 15.8. The van der Waals surface area contributed by atoms with Crippen molar-refractivity contribution >= 4 is 33.4 Å². The maximum atomic E-state index is 11.2. The van der Waals surface area contributed by atoms with Gasteiger partial charge < -0.3 is 4.74 Å². The Morgan fingerprint density at radius 3 is 0.882 bits per heavy atom. The van der Waals surface area contributed by atoms with Crippen molar-refractivity contribution in [2.24, 2.45) is 0 Å². The Hall–Kier alpha value is -7.40. The van der Waals surface area contributed by atoms with Crippen LogP contribution >= 0.6 is 0 Å². The summed E-state index contributed by atoms with van der Waals surface area (Å²) in [4.78, 5) is 41.2. The van der Waals surface area contributed by atoms with E-state index in [1.807, 2.05) is 97.1 Å². The van der Waals surface area contributed by atoms with E-state index in [0.29, 0.717) is 56.4 Å². The van der Waals surface area contributed by atoms with Crippen LogP contribution in [0.5, 0.6) is 11.5 Å². The van der Waals surface area contributed by atoms with E-state index in [4.69, 9.17) is 24.7 Å². The van der Waals surface area contributed by atoms with Crippen LogP contribution in [0.2, 0.25) is 0 Å². The van der Waals surface area contributed by atoms with Crippen LogP contribution in [0.3, 0.4) is 0 Å². The molecule has 0 aliphatic rings. The lowest BCUT2D eigenvalue weighted by atomic mass is 10.0. The molecular weight excluding hydrogens is 644 g/mol. The Bertz CT molecular complexity index is 2410. The van der Waals surface area contributed by atoms with E-state index in [9.17, 15) is 20.2 Å². The molecule has 0 saturated carbocycles. The van der Waals surface area contributed by atoms with Gasteiger partial charge in [0, 0.05) is 46.5 Å². The SMILES string of the molecule is O=[N+]([O-])c1ccc(-c2nc3ccccc3nc2-c2ccc(Oc3ccc(-c4nc5ccccc5nc4-c4ccc([N+](=O)[O-])cc4)cc3)cc2)cc1. The molecule has 8 rings (SSSR count). The summed E-state index contributed by atoms with van der Waals surface area (Å²) >= 11 is 0. The van der Waals surface area contributed by atoms with Crippen molar-refractivity contribution in [3.8, 4) is 56.5 Å². The van der Waals surface area contributed by atoms with Gasteiger partial charge in [-0.3, -0.25) is 20.2 Å². The third-order valence-corrected chi connectivity index (χ3v) is 8.34. The molecule has 0 aliphatic heterocycles. The highest BCUT2D eigenvalue weighted by atomic mass is 16.6. The van der Waals surface area contributed by atoms with Gasteiger partial charge in [-0.25, -0.2) is 19.9 Å². The quantitative estimate of drug-likeness (QED) is 0.114. The van der Waals surface area contributed by atoms with Gasteiger partial charge in [0.05, 0.1) is 54.7 Å². The highest BCUT2D eigenvalue weighted by molar-refractivity contribution is 5.88. The normalized spacial score (nSPS) is 11.1. The predicted octanol–water partition coefficient (Wildman–Crippen LogP) is 9.85. The largest absolute Gasteiger partial charge is 0.457 e. The fourth-order valence-corrected chi connectivity index (χ4v) is 5.78. The summed E-state index contributed by atoms with van der Waals surface area (Å²) in [5, 5.41) is 22.5. The van der Waals surface area contributed by atoms with Gasteiger partial charge >= 0.3 is 0 Å². The second kappa shape index (κ2) is 12.9. The number of para-hydroxylation sites is 4. The Balaban J connectivity index is 1.09. The molecule has 244 valence electrons. The van der Waals surface area contributed by atoms with Crippen LogP contribution in [-0.2, 0) is 0 Å². The molecule has 11 nitrogen and oxygen atoms in total. The molecule has 0 amide bonds. The van der Waals surface area contributed by atoms with Crippen molar-refractivity contribution in [2.75, 3.05) is 0 Å². The monoisotopic (exact) mass is 668 g/mol. The Kier molecular flexibility index (Phi) is 7.82. The maximum Gasteiger partial charge on any atom is 0.269 e. The van der Waals surface area contributed by atoms with Crippen molar-refractivity contribution in [1.29, 1.82) is 0 Å². The highest BCUT2D eigenvalue weighted by Crippen LogP contribution is 2.36. The number of nitro benzene ring substituents is 2. The Labute approximate surface area is 289 Å². The lowest BCUT2D eigenvalue weighted by Gasteiger charge is -2.12. The third kappa shape index (κ3) is 6.18. The molecule has 0 spiro atoms. The van der Waals surface area contributed by atoms with Crippen LogP contribution in [0.15, 0.2) is 146 Å². The van der Waals surface area contributed by atoms with E-state index < -0.39 is 9.85 Å². The molecule has 11 heteroatoms. The van der Waals surface area contributed by atoms with Gasteiger partial charge in [-0.05, 0) is 97.1 Å². The summed E-state index contributed by atoms with van der Waals surface area (Å²) in [5.74, 6) is 1.21. The van der Waals surface area contributed by atoms with Crippen molar-refractivity contribution < 1.29 is 14.6 Å². The molecule has 0 radical (unpaired) electrons. The molecule has 0 fully saturated rings. The molecule has 2 heterocycles. The van der Waals surface area contributed by atoms with Gasteiger partial charge in [-0.2, -0.15) is 0 Å². The number of hydrogen-bond acceptors (Lipinski definition) is 9. The van der Waals surface area contributed by atoms with Crippen molar-refractivity contribution in [3.05, 3.63) is 166 Å². The maximum absolute atomic E-state index is 11.2. The number of nitro groups is 2. The minimum atomic E-state index is -0.431. The van der Waals surface area contributed by atoms with Gasteiger partial charge in [0.2, 0.25) is 0 Å². The number of benzene rings is 6. The first-order chi connectivity index (χ1) is 24.9. The molecule has 0 saturated heterocycles. The van der Waals surface area contributed by atoms with Gasteiger partial charge in [0.1, 0.15) is 11.5 Å². The van der Waals surface area contributed by atoms with Crippen LogP contribution < -0.4 is 4.74 Å². The van der Waals surface area contributed by atoms with Crippen LogP contribution in [-0.4, -0.2) is 29.8 Å². The summed E-state index contributed by atoms with van der Waals surface area (Å²) in [6.07, 6.45) is 0. The zero-order chi connectivity index (χ0) is 34.9. The van der Waals surface area contributed by atoms with E-state index in [1.54, 1.807) is 24.3 Å². The van der Waals surface area contributed by atoms with Crippen LogP contribution in [0.4, 0.5) is 11.4 Å². The fourth-order valence-electron chi connectivity index (χ4n) is 5.78. The topological polar surface area (TPSA) is 147 Å². The summed E-state index contributed by atoms with van der Waals surface area (Å²) in [6, 6.07) is 42.7. The van der Waals surface area contributed by atoms with E-state index in [-0.39, 0.29) is 11.4 Å². The van der Waals surface area contributed by atoms with Crippen molar-refractivity contribution in [3.63, 3.8) is 0 Å². The number of non-ortho nitro benzene ring substituents is 2. The fraction of sp³-hybridized carbons (Fsp3) is 0. The van der Waals surface area contributed by atoms with Gasteiger partial charge in [-0.15, -0.1) is 0 Å². The molecule has 8 aromatic rings. The van der Waals surface area contributed by atoms with Gasteiger partial charge in [0.25, 0.3) is 11.4 Å². The second-order valence-corrected chi connectivity index (χ2v) is 11.6. The first-order valence-electron chi connectivity index (χ1n) is 15.8. The van der Waals surface area contributed by atoms with Crippen LogP contribution in [0.25, 0.3) is 67.1 Å². The molecule has 0 aliphatic carbocycles. The molecule has 6 aromatic carbocycles. The minimum Gasteiger partial charge on any atom is -0.457 e. The molecule has 2 aromatic heterocycles. The zero-order valence-corrected chi connectivity index (χ0v) is 26.6. The van der Waals surface area contributed by atoms with E-state index in [1.165, 1.54) is 24.3 Å². The van der Waals surface area contributed by atoms with Crippen LogP contribution in [0.1, 0.15) is 0 Å². The molecule has 0 bridgehead atoms. The molecule has 0 atom stereocenters. The number of hydrogen-bond donors (Lipinski definition) is 0. The standard InChI is InChI=1S/C40H24N6O5/c47-45(48)29-17-9-25(10-18-29)37-39(43-35-7-3-1-5-33(35)41-37)27-13-21-31(22-14-27)51-32-23-15-28(16-24-32)40-38(26-11-19-30(20-12-26)46(49)50)42-34-6-2-4-8-36(34)44-40/h1-24H. The van der Waals surface area contributed by atoms with Crippen molar-refractivity contribution in [2.45, 2.75) is 0 Å². The third-order valence-electron chi connectivity index (χ3n) is 8.34. The molecule has 0 unspecified atom stereocenters. The number of fused-ring (bicyclic) bond motifs is 2. The second-order valence-electron chi connectivity index (χ2n) is 11.6. The number of rotatable bonds is 8. The first kappa shape index (κ1) is 30.9. The Morgan fingerprint density at radius 2 is 0.627 bits per heavy atom.